The molecular formula is C9H12BrClN4O. The fourth-order valence-electron chi connectivity index (χ4n) is 1.11. The van der Waals surface area contributed by atoms with Gasteiger partial charge in [0, 0.05) is 27.1 Å². The molecule has 1 rings (SSSR count). The molecule has 1 amide bonds. The molecule has 0 saturated heterocycles. The van der Waals surface area contributed by atoms with Gasteiger partial charge in [-0.1, -0.05) is 11.6 Å². The Morgan fingerprint density at radius 1 is 1.62 bits per heavy atom. The molecule has 0 aliphatic heterocycles. The van der Waals surface area contributed by atoms with Gasteiger partial charge in [0.25, 0.3) is 0 Å². The lowest BCUT2D eigenvalue weighted by Crippen LogP contribution is -2.27. The van der Waals surface area contributed by atoms with Crippen LogP contribution in [0.2, 0.25) is 5.15 Å². The maximum Gasteiger partial charge on any atom is 0.221 e. The maximum atomic E-state index is 11.1. The summed E-state index contributed by atoms with van der Waals surface area (Å²) in [6, 6.07) is 0. The Labute approximate surface area is 107 Å². The Morgan fingerprint density at radius 2 is 2.31 bits per heavy atom. The van der Waals surface area contributed by atoms with Crippen molar-refractivity contribution in [1.82, 2.24) is 15.3 Å². The molecule has 0 aliphatic carbocycles. The summed E-state index contributed by atoms with van der Waals surface area (Å²) < 4.78 is 0.635. The normalized spacial score (nSPS) is 10.0. The number of rotatable bonds is 4. The minimum atomic E-state index is -0.0110. The van der Waals surface area contributed by atoms with Crippen LogP contribution in [0.4, 0.5) is 5.82 Å². The van der Waals surface area contributed by atoms with Crippen LogP contribution < -0.4 is 10.2 Å². The Morgan fingerprint density at radius 3 is 2.94 bits per heavy atom. The summed E-state index contributed by atoms with van der Waals surface area (Å²) in [5.41, 5.74) is 0. The summed E-state index contributed by atoms with van der Waals surface area (Å²) in [6.45, 7) is 0.561. The summed E-state index contributed by atoms with van der Waals surface area (Å²) in [7, 11) is 3.45. The lowest BCUT2D eigenvalue weighted by atomic mass is 10.3. The molecule has 1 aromatic heterocycles. The molecule has 1 heterocycles. The zero-order valence-corrected chi connectivity index (χ0v) is 11.3. The van der Waals surface area contributed by atoms with Gasteiger partial charge < -0.3 is 10.2 Å². The summed E-state index contributed by atoms with van der Waals surface area (Å²) in [5, 5.41) is 2.92. The molecule has 0 bridgehead atoms. The zero-order chi connectivity index (χ0) is 12.1. The number of nitrogens with zero attached hydrogens (tertiary/aromatic N) is 3. The Bertz CT molecular complexity index is 388. The second-order valence-corrected chi connectivity index (χ2v) is 4.30. The van der Waals surface area contributed by atoms with Crippen LogP contribution in [0.15, 0.2) is 10.8 Å². The van der Waals surface area contributed by atoms with Crippen LogP contribution in [0, 0.1) is 0 Å². The largest absolute Gasteiger partial charge is 0.359 e. The molecule has 0 unspecified atom stereocenters. The molecule has 88 valence electrons. The van der Waals surface area contributed by atoms with Gasteiger partial charge in [-0.2, -0.15) is 0 Å². The molecule has 1 aromatic rings. The number of hydrogen-bond acceptors (Lipinski definition) is 4. The van der Waals surface area contributed by atoms with Gasteiger partial charge in [0.05, 0.1) is 4.47 Å². The number of halogens is 2. The Kier molecular flexibility index (Phi) is 4.95. The number of carbonyl (C=O) groups excluding carboxylic acids is 1. The van der Waals surface area contributed by atoms with E-state index in [1.165, 1.54) is 6.33 Å². The van der Waals surface area contributed by atoms with Gasteiger partial charge in [-0.15, -0.1) is 0 Å². The van der Waals surface area contributed by atoms with E-state index >= 15 is 0 Å². The number of aromatic nitrogens is 2. The minimum absolute atomic E-state index is 0.0110. The molecule has 5 nitrogen and oxygen atoms in total. The van der Waals surface area contributed by atoms with Crippen LogP contribution >= 0.6 is 27.5 Å². The third-order valence-electron chi connectivity index (χ3n) is 2.04. The van der Waals surface area contributed by atoms with E-state index in [9.17, 15) is 4.79 Å². The first-order valence-electron chi connectivity index (χ1n) is 4.64. The molecule has 0 fully saturated rings. The maximum absolute atomic E-state index is 11.1. The second kappa shape index (κ2) is 6.00. The quantitative estimate of drug-likeness (QED) is 0.856. The van der Waals surface area contributed by atoms with E-state index < -0.39 is 0 Å². The van der Waals surface area contributed by atoms with Crippen molar-refractivity contribution in [3.05, 3.63) is 16.0 Å². The highest BCUT2D eigenvalue weighted by Crippen LogP contribution is 2.28. The van der Waals surface area contributed by atoms with E-state index in [2.05, 4.69) is 31.2 Å². The lowest BCUT2D eigenvalue weighted by molar-refractivity contribution is -0.120. The fourth-order valence-corrected chi connectivity index (χ4v) is 1.74. The minimum Gasteiger partial charge on any atom is -0.359 e. The monoisotopic (exact) mass is 306 g/mol. The van der Waals surface area contributed by atoms with Crippen molar-refractivity contribution < 1.29 is 4.79 Å². The molecule has 1 N–H and O–H groups in total. The zero-order valence-electron chi connectivity index (χ0n) is 9.00. The fraction of sp³-hybridized carbons (Fsp3) is 0.444. The lowest BCUT2D eigenvalue weighted by Gasteiger charge is -2.18. The van der Waals surface area contributed by atoms with Crippen LogP contribution in [0.5, 0.6) is 0 Å². The smallest absolute Gasteiger partial charge is 0.221 e. The van der Waals surface area contributed by atoms with Crippen molar-refractivity contribution in [3.8, 4) is 0 Å². The number of amides is 1. The summed E-state index contributed by atoms with van der Waals surface area (Å²) in [4.78, 5) is 20.9. The third kappa shape index (κ3) is 3.31. The van der Waals surface area contributed by atoms with E-state index in [1.54, 1.807) is 7.05 Å². The van der Waals surface area contributed by atoms with E-state index in [-0.39, 0.29) is 5.91 Å². The Balaban J connectivity index is 2.69. The SMILES string of the molecule is CNC(=O)CCN(C)c1ncnc(Cl)c1Br. The summed E-state index contributed by atoms with van der Waals surface area (Å²) >= 11 is 9.15. The van der Waals surface area contributed by atoms with Crippen LogP contribution in [0.25, 0.3) is 0 Å². The van der Waals surface area contributed by atoms with Crippen molar-refractivity contribution in [2.75, 3.05) is 25.5 Å². The van der Waals surface area contributed by atoms with Crippen molar-refractivity contribution in [2.24, 2.45) is 0 Å². The molecule has 16 heavy (non-hydrogen) atoms. The predicted molar refractivity (Wildman–Crippen MR) is 66.7 cm³/mol. The molecule has 0 atom stereocenters. The van der Waals surface area contributed by atoms with Crippen LogP contribution in [-0.2, 0) is 4.79 Å². The first-order valence-corrected chi connectivity index (χ1v) is 5.81. The van der Waals surface area contributed by atoms with Crippen molar-refractivity contribution in [1.29, 1.82) is 0 Å². The number of nitrogens with one attached hydrogen (secondary N) is 1. The first kappa shape index (κ1) is 13.2. The van der Waals surface area contributed by atoms with Crippen LogP contribution in [-0.4, -0.2) is 36.5 Å². The van der Waals surface area contributed by atoms with Crippen LogP contribution in [0.1, 0.15) is 6.42 Å². The number of hydrogen-bond donors (Lipinski definition) is 1. The molecular weight excluding hydrogens is 295 g/mol. The highest BCUT2D eigenvalue weighted by molar-refractivity contribution is 9.10. The average molecular weight is 308 g/mol. The average Bonchev–Trinajstić information content (AvgIpc) is 2.29. The van der Waals surface area contributed by atoms with Gasteiger partial charge in [-0.05, 0) is 15.9 Å². The van der Waals surface area contributed by atoms with Crippen molar-refractivity contribution >= 4 is 39.3 Å². The van der Waals surface area contributed by atoms with E-state index in [1.807, 2.05) is 11.9 Å². The van der Waals surface area contributed by atoms with E-state index in [4.69, 9.17) is 11.6 Å². The number of carbonyl (C=O) groups is 1. The molecule has 7 heteroatoms. The molecule has 0 aromatic carbocycles. The van der Waals surface area contributed by atoms with Gasteiger partial charge >= 0.3 is 0 Å². The topological polar surface area (TPSA) is 58.1 Å². The van der Waals surface area contributed by atoms with Crippen LogP contribution in [0.3, 0.4) is 0 Å². The summed E-state index contributed by atoms with van der Waals surface area (Å²) in [5.74, 6) is 0.659. The molecule has 0 radical (unpaired) electrons. The molecule has 0 aliphatic rings. The molecule has 0 saturated carbocycles. The van der Waals surface area contributed by atoms with Gasteiger partial charge in [-0.25, -0.2) is 9.97 Å². The van der Waals surface area contributed by atoms with Crippen molar-refractivity contribution in [2.45, 2.75) is 6.42 Å². The van der Waals surface area contributed by atoms with Gasteiger partial charge in [-0.3, -0.25) is 4.79 Å². The van der Waals surface area contributed by atoms with E-state index in [0.717, 1.165) is 0 Å². The van der Waals surface area contributed by atoms with Gasteiger partial charge in [0.15, 0.2) is 0 Å². The van der Waals surface area contributed by atoms with Gasteiger partial charge in [0.1, 0.15) is 17.3 Å². The van der Waals surface area contributed by atoms with Gasteiger partial charge in [0.2, 0.25) is 5.91 Å². The molecule has 0 spiro atoms. The third-order valence-corrected chi connectivity index (χ3v) is 3.29. The first-order chi connectivity index (χ1) is 7.56. The highest BCUT2D eigenvalue weighted by Gasteiger charge is 2.11. The Hall–Kier alpha value is -0.880. The summed E-state index contributed by atoms with van der Waals surface area (Å²) in [6.07, 6.45) is 1.79. The van der Waals surface area contributed by atoms with E-state index in [0.29, 0.717) is 28.4 Å². The predicted octanol–water partition coefficient (Wildman–Crippen LogP) is 1.46. The van der Waals surface area contributed by atoms with Crippen molar-refractivity contribution in [3.63, 3.8) is 0 Å². The highest BCUT2D eigenvalue weighted by atomic mass is 79.9. The standard InChI is InChI=1S/C9H12BrClN4O/c1-12-6(16)3-4-15(2)9-7(10)8(11)13-5-14-9/h5H,3-4H2,1-2H3,(H,12,16). The number of anilines is 1. The second-order valence-electron chi connectivity index (χ2n) is 3.15.